The van der Waals surface area contributed by atoms with E-state index in [1.165, 1.54) is 28.7 Å². The number of hydrogen-bond donors (Lipinski definition) is 1. The van der Waals surface area contributed by atoms with Gasteiger partial charge in [-0.1, -0.05) is 69.3 Å². The third-order valence-corrected chi connectivity index (χ3v) is 4.06. The molecule has 0 spiro atoms. The van der Waals surface area contributed by atoms with E-state index in [1.54, 1.807) is 0 Å². The van der Waals surface area contributed by atoms with Crippen LogP contribution in [0, 0.1) is 5.41 Å². The fourth-order valence-corrected chi connectivity index (χ4v) is 2.97. The summed E-state index contributed by atoms with van der Waals surface area (Å²) in [5, 5.41) is 3.75. The molecule has 0 fully saturated rings. The summed E-state index contributed by atoms with van der Waals surface area (Å²) in [6.07, 6.45) is 1.19. The van der Waals surface area contributed by atoms with E-state index in [-0.39, 0.29) is 0 Å². The van der Waals surface area contributed by atoms with Crippen LogP contribution in [-0.4, -0.2) is 6.54 Å². The monoisotopic (exact) mass is 265 g/mol. The maximum Gasteiger partial charge on any atom is 0.0588 e. The van der Waals surface area contributed by atoms with Crippen LogP contribution < -0.4 is 5.32 Å². The average molecular weight is 265 g/mol. The molecule has 3 rings (SSSR count). The highest BCUT2D eigenvalue weighted by molar-refractivity contribution is 5.78. The van der Waals surface area contributed by atoms with Crippen molar-refractivity contribution in [3.63, 3.8) is 0 Å². The SMILES string of the molecule is CC(C)(C)CCNC1c2ccccc2-c2ccccc21. The Morgan fingerprint density at radius 3 is 1.85 bits per heavy atom. The molecule has 2 aromatic rings. The molecule has 0 saturated carbocycles. The van der Waals surface area contributed by atoms with Gasteiger partial charge in [-0.25, -0.2) is 0 Å². The Bertz CT molecular complexity index is 562. The van der Waals surface area contributed by atoms with Gasteiger partial charge in [-0.3, -0.25) is 0 Å². The predicted octanol–water partition coefficient (Wildman–Crippen LogP) is 4.78. The second-order valence-corrected chi connectivity index (χ2v) is 6.87. The molecule has 0 aromatic heterocycles. The fourth-order valence-electron chi connectivity index (χ4n) is 2.97. The van der Waals surface area contributed by atoms with Crippen molar-refractivity contribution in [3.8, 4) is 11.1 Å². The molecular weight excluding hydrogens is 242 g/mol. The van der Waals surface area contributed by atoms with E-state index in [0.717, 1.165) is 6.54 Å². The molecule has 1 heteroatoms. The van der Waals surface area contributed by atoms with E-state index in [1.807, 2.05) is 0 Å². The highest BCUT2D eigenvalue weighted by atomic mass is 14.9. The molecule has 0 saturated heterocycles. The van der Waals surface area contributed by atoms with Crippen molar-refractivity contribution in [1.29, 1.82) is 0 Å². The highest BCUT2D eigenvalue weighted by Gasteiger charge is 2.27. The summed E-state index contributed by atoms with van der Waals surface area (Å²) in [6, 6.07) is 17.9. The van der Waals surface area contributed by atoms with Crippen LogP contribution in [0.2, 0.25) is 0 Å². The molecule has 0 aliphatic heterocycles. The van der Waals surface area contributed by atoms with Gasteiger partial charge in [-0.2, -0.15) is 0 Å². The topological polar surface area (TPSA) is 12.0 Å². The van der Waals surface area contributed by atoms with Crippen molar-refractivity contribution >= 4 is 0 Å². The highest BCUT2D eigenvalue weighted by Crippen LogP contribution is 2.43. The van der Waals surface area contributed by atoms with Gasteiger partial charge in [0.15, 0.2) is 0 Å². The molecule has 0 bridgehead atoms. The number of nitrogens with one attached hydrogen (secondary N) is 1. The van der Waals surface area contributed by atoms with E-state index in [2.05, 4.69) is 74.6 Å². The Morgan fingerprint density at radius 2 is 1.35 bits per heavy atom. The van der Waals surface area contributed by atoms with Gasteiger partial charge in [0, 0.05) is 0 Å². The molecule has 20 heavy (non-hydrogen) atoms. The lowest BCUT2D eigenvalue weighted by atomic mass is 9.92. The van der Waals surface area contributed by atoms with E-state index in [9.17, 15) is 0 Å². The first kappa shape index (κ1) is 13.4. The summed E-state index contributed by atoms with van der Waals surface area (Å²) in [4.78, 5) is 0. The van der Waals surface area contributed by atoms with Crippen molar-refractivity contribution in [2.45, 2.75) is 33.2 Å². The lowest BCUT2D eigenvalue weighted by Crippen LogP contribution is -2.25. The normalized spacial score (nSPS) is 14.2. The van der Waals surface area contributed by atoms with Crippen LogP contribution in [0.4, 0.5) is 0 Å². The van der Waals surface area contributed by atoms with Gasteiger partial charge in [0.25, 0.3) is 0 Å². The molecule has 0 atom stereocenters. The molecule has 1 N–H and O–H groups in total. The molecule has 1 aliphatic rings. The lowest BCUT2D eigenvalue weighted by Gasteiger charge is -2.21. The summed E-state index contributed by atoms with van der Waals surface area (Å²) in [5.41, 5.74) is 5.99. The van der Waals surface area contributed by atoms with E-state index in [0.29, 0.717) is 11.5 Å². The molecule has 1 nitrogen and oxygen atoms in total. The van der Waals surface area contributed by atoms with Gasteiger partial charge < -0.3 is 5.32 Å². The Labute approximate surface area is 122 Å². The van der Waals surface area contributed by atoms with E-state index >= 15 is 0 Å². The van der Waals surface area contributed by atoms with Gasteiger partial charge in [-0.05, 0) is 40.6 Å². The minimum Gasteiger partial charge on any atom is -0.306 e. The van der Waals surface area contributed by atoms with Crippen LogP contribution in [0.5, 0.6) is 0 Å². The Balaban J connectivity index is 1.87. The van der Waals surface area contributed by atoms with Gasteiger partial charge in [-0.15, -0.1) is 0 Å². The first-order valence-corrected chi connectivity index (χ1v) is 7.48. The van der Waals surface area contributed by atoms with Crippen molar-refractivity contribution in [2.75, 3.05) is 6.54 Å². The molecule has 0 heterocycles. The standard InChI is InChI=1S/C19H23N/c1-19(2,3)12-13-20-18-16-10-6-4-8-14(16)15-9-5-7-11-17(15)18/h4-11,18,20H,12-13H2,1-3H3. The van der Waals surface area contributed by atoms with Crippen molar-refractivity contribution in [1.82, 2.24) is 5.32 Å². The number of fused-ring (bicyclic) bond motifs is 3. The quantitative estimate of drug-likeness (QED) is 0.842. The van der Waals surface area contributed by atoms with Crippen LogP contribution in [0.15, 0.2) is 48.5 Å². The Hall–Kier alpha value is -1.60. The van der Waals surface area contributed by atoms with Crippen LogP contribution in [-0.2, 0) is 0 Å². The Kier molecular flexibility index (Phi) is 3.39. The average Bonchev–Trinajstić information content (AvgIpc) is 2.73. The molecule has 0 amide bonds. The van der Waals surface area contributed by atoms with Crippen molar-refractivity contribution in [3.05, 3.63) is 59.7 Å². The summed E-state index contributed by atoms with van der Waals surface area (Å²) in [5.74, 6) is 0. The first-order chi connectivity index (χ1) is 9.56. The largest absolute Gasteiger partial charge is 0.306 e. The number of rotatable bonds is 3. The number of benzene rings is 2. The Morgan fingerprint density at radius 1 is 0.850 bits per heavy atom. The summed E-state index contributed by atoms with van der Waals surface area (Å²) >= 11 is 0. The molecule has 0 unspecified atom stereocenters. The third-order valence-electron chi connectivity index (χ3n) is 4.06. The molecule has 1 aliphatic carbocycles. The zero-order chi connectivity index (χ0) is 14.2. The summed E-state index contributed by atoms with van der Waals surface area (Å²) < 4.78 is 0. The summed E-state index contributed by atoms with van der Waals surface area (Å²) in [6.45, 7) is 7.94. The zero-order valence-electron chi connectivity index (χ0n) is 12.6. The van der Waals surface area contributed by atoms with Gasteiger partial charge in [0.2, 0.25) is 0 Å². The second kappa shape index (κ2) is 5.06. The maximum atomic E-state index is 3.75. The van der Waals surface area contributed by atoms with Crippen LogP contribution >= 0.6 is 0 Å². The van der Waals surface area contributed by atoms with Gasteiger partial charge in [0.05, 0.1) is 6.04 Å². The van der Waals surface area contributed by atoms with Crippen LogP contribution in [0.25, 0.3) is 11.1 Å². The summed E-state index contributed by atoms with van der Waals surface area (Å²) in [7, 11) is 0. The van der Waals surface area contributed by atoms with Crippen molar-refractivity contribution in [2.24, 2.45) is 5.41 Å². The molecular formula is C19H23N. The lowest BCUT2D eigenvalue weighted by molar-refractivity contribution is 0.361. The molecule has 2 aromatic carbocycles. The second-order valence-electron chi connectivity index (χ2n) is 6.87. The number of hydrogen-bond acceptors (Lipinski definition) is 1. The van der Waals surface area contributed by atoms with Gasteiger partial charge >= 0.3 is 0 Å². The smallest absolute Gasteiger partial charge is 0.0588 e. The maximum absolute atomic E-state index is 3.75. The minimum absolute atomic E-state index is 0.352. The van der Waals surface area contributed by atoms with Gasteiger partial charge in [0.1, 0.15) is 0 Å². The van der Waals surface area contributed by atoms with E-state index in [4.69, 9.17) is 0 Å². The molecule has 0 radical (unpaired) electrons. The minimum atomic E-state index is 0.352. The van der Waals surface area contributed by atoms with Crippen LogP contribution in [0.1, 0.15) is 44.4 Å². The van der Waals surface area contributed by atoms with Crippen LogP contribution in [0.3, 0.4) is 0 Å². The fraction of sp³-hybridized carbons (Fsp3) is 0.368. The molecule has 104 valence electrons. The first-order valence-electron chi connectivity index (χ1n) is 7.48. The zero-order valence-corrected chi connectivity index (χ0v) is 12.6. The van der Waals surface area contributed by atoms with Crippen molar-refractivity contribution < 1.29 is 0 Å². The third kappa shape index (κ3) is 2.51. The van der Waals surface area contributed by atoms with E-state index < -0.39 is 0 Å². The predicted molar refractivity (Wildman–Crippen MR) is 85.8 cm³/mol.